The lowest BCUT2D eigenvalue weighted by molar-refractivity contribution is -0.137. The molecule has 0 spiro atoms. The van der Waals surface area contributed by atoms with Gasteiger partial charge < -0.3 is 9.32 Å². The van der Waals surface area contributed by atoms with E-state index in [1.165, 1.54) is 30.5 Å². The molecule has 0 saturated carbocycles. The molecule has 6 nitrogen and oxygen atoms in total. The monoisotopic (exact) mass is 478 g/mol. The number of para-hydroxylation sites is 1. The lowest BCUT2D eigenvalue weighted by Gasteiger charge is -2.35. The van der Waals surface area contributed by atoms with Gasteiger partial charge in [0.05, 0.1) is 35.4 Å². The van der Waals surface area contributed by atoms with Crippen molar-refractivity contribution < 1.29 is 32.0 Å². The van der Waals surface area contributed by atoms with E-state index in [0.717, 1.165) is 23.3 Å². The molecular weight excluding hydrogens is 461 g/mol. The number of rotatable bonds is 3. The van der Waals surface area contributed by atoms with E-state index in [0.29, 0.717) is 4.90 Å². The number of halogens is 3. The molecule has 0 bridgehead atoms. The van der Waals surface area contributed by atoms with E-state index in [4.69, 9.17) is 4.42 Å². The van der Waals surface area contributed by atoms with Crippen molar-refractivity contribution in [3.8, 4) is 0 Å². The van der Waals surface area contributed by atoms with Crippen molar-refractivity contribution in [1.29, 1.82) is 0 Å². The van der Waals surface area contributed by atoms with Crippen LogP contribution in [0.5, 0.6) is 0 Å². The Morgan fingerprint density at radius 3 is 2.34 bits per heavy atom. The van der Waals surface area contributed by atoms with E-state index in [-0.39, 0.29) is 5.76 Å². The van der Waals surface area contributed by atoms with Crippen LogP contribution >= 0.6 is 0 Å². The topological polar surface area (TPSA) is 70.8 Å². The number of hydrogen-bond donors (Lipinski definition) is 0. The molecule has 6 rings (SSSR count). The first-order valence-corrected chi connectivity index (χ1v) is 11.0. The fourth-order valence-corrected chi connectivity index (χ4v) is 5.57. The fraction of sp³-hybridized carbons (Fsp3) is 0.192. The van der Waals surface area contributed by atoms with E-state index in [1.54, 1.807) is 29.3 Å². The first-order valence-electron chi connectivity index (χ1n) is 11.0. The Labute approximate surface area is 197 Å². The molecule has 2 amide bonds. The van der Waals surface area contributed by atoms with Crippen LogP contribution in [-0.4, -0.2) is 28.5 Å². The zero-order chi connectivity index (χ0) is 24.5. The van der Waals surface area contributed by atoms with Gasteiger partial charge in [0.1, 0.15) is 6.04 Å². The molecule has 3 aliphatic heterocycles. The average molecular weight is 478 g/mol. The number of Topliss-reactive ketones (excluding diaryl/α,β-unsaturated/α-hetero) is 1. The Hall–Kier alpha value is -4.14. The third kappa shape index (κ3) is 3.00. The van der Waals surface area contributed by atoms with Crippen LogP contribution in [0, 0.1) is 11.8 Å². The molecule has 2 fully saturated rings. The molecule has 0 unspecified atom stereocenters. The number of alkyl halides is 3. The molecule has 0 radical (unpaired) electrons. The summed E-state index contributed by atoms with van der Waals surface area (Å²) in [5.74, 6) is -4.31. The third-order valence-corrected chi connectivity index (χ3v) is 6.94. The first-order chi connectivity index (χ1) is 16.8. The third-order valence-electron chi connectivity index (χ3n) is 6.94. The molecule has 35 heavy (non-hydrogen) atoms. The number of amides is 2. The number of nitrogens with zero attached hydrogens (tertiary/aromatic N) is 2. The van der Waals surface area contributed by atoms with Gasteiger partial charge in [0, 0.05) is 6.20 Å². The highest BCUT2D eigenvalue weighted by Crippen LogP contribution is 2.54. The lowest BCUT2D eigenvalue weighted by atomic mass is 9.84. The van der Waals surface area contributed by atoms with Crippen LogP contribution < -0.4 is 4.90 Å². The summed E-state index contributed by atoms with van der Waals surface area (Å²) in [6, 6.07) is 12.9. The molecular formula is C26H17F3N2O4. The summed E-state index contributed by atoms with van der Waals surface area (Å²) in [5, 5.41) is 0. The predicted molar refractivity (Wildman–Crippen MR) is 118 cm³/mol. The van der Waals surface area contributed by atoms with Gasteiger partial charge in [0.15, 0.2) is 5.76 Å². The number of benzene rings is 2. The zero-order valence-corrected chi connectivity index (χ0v) is 18.0. The minimum atomic E-state index is -4.77. The van der Waals surface area contributed by atoms with Gasteiger partial charge in [-0.05, 0) is 41.5 Å². The number of anilines is 1. The van der Waals surface area contributed by atoms with Crippen LogP contribution in [0.15, 0.2) is 77.5 Å². The molecule has 1 aromatic heterocycles. The standard InChI is InChI=1S/C26H17F3N2O4/c27-26(28,29)16-8-3-4-9-17(16)31-24(33)19-20(25(31)34)22(23(32)18-10-5-13-35-18)30-12-11-14-6-1-2-7-15(14)21(19)30/h1-13,19-22H/t19-,20+,21+,22-/m0/s1. The molecule has 3 aromatic rings. The second kappa shape index (κ2) is 7.43. The largest absolute Gasteiger partial charge is 0.461 e. The number of carbonyl (C=O) groups is 3. The molecule has 2 aromatic carbocycles. The maximum Gasteiger partial charge on any atom is 0.418 e. The van der Waals surface area contributed by atoms with Gasteiger partial charge in [-0.25, -0.2) is 4.90 Å². The number of furan rings is 1. The maximum atomic E-state index is 13.8. The van der Waals surface area contributed by atoms with Crippen molar-refractivity contribution in [1.82, 2.24) is 4.90 Å². The normalized spacial score (nSPS) is 25.0. The van der Waals surface area contributed by atoms with Gasteiger partial charge >= 0.3 is 6.18 Å². The van der Waals surface area contributed by atoms with E-state index >= 15 is 0 Å². The molecule has 4 atom stereocenters. The SMILES string of the molecule is O=C(c1ccco1)[C@@H]1[C@@H]2C(=O)N(c3ccccc3C(F)(F)F)C(=O)[C@@H]2[C@H]2c3ccccc3C=CN12. The van der Waals surface area contributed by atoms with Gasteiger partial charge in [0.25, 0.3) is 0 Å². The first kappa shape index (κ1) is 21.4. The van der Waals surface area contributed by atoms with Crippen LogP contribution in [-0.2, 0) is 15.8 Å². The highest BCUT2D eigenvalue weighted by atomic mass is 19.4. The average Bonchev–Trinajstić information content (AvgIpc) is 3.55. The molecule has 4 heterocycles. The Morgan fingerprint density at radius 2 is 1.60 bits per heavy atom. The summed E-state index contributed by atoms with van der Waals surface area (Å²) >= 11 is 0. The molecule has 0 N–H and O–H groups in total. The van der Waals surface area contributed by atoms with Crippen molar-refractivity contribution in [2.45, 2.75) is 18.3 Å². The second-order valence-electron chi connectivity index (χ2n) is 8.70. The minimum Gasteiger partial charge on any atom is -0.461 e. The summed E-state index contributed by atoms with van der Waals surface area (Å²) in [6.45, 7) is 0. The number of carbonyl (C=O) groups excluding carboxylic acids is 3. The van der Waals surface area contributed by atoms with Crippen molar-refractivity contribution in [3.05, 3.63) is 95.6 Å². The fourth-order valence-electron chi connectivity index (χ4n) is 5.57. The summed E-state index contributed by atoms with van der Waals surface area (Å²) in [5.41, 5.74) is -0.0731. The highest BCUT2D eigenvalue weighted by molar-refractivity contribution is 6.25. The Kier molecular flexibility index (Phi) is 4.54. The second-order valence-corrected chi connectivity index (χ2v) is 8.70. The maximum absolute atomic E-state index is 13.8. The van der Waals surface area contributed by atoms with Gasteiger partial charge in [-0.3, -0.25) is 14.4 Å². The molecule has 3 aliphatic rings. The van der Waals surface area contributed by atoms with Crippen LogP contribution in [0.3, 0.4) is 0 Å². The van der Waals surface area contributed by atoms with Crippen molar-refractivity contribution >= 4 is 29.4 Å². The van der Waals surface area contributed by atoms with Gasteiger partial charge in [-0.15, -0.1) is 0 Å². The Bertz CT molecular complexity index is 1400. The van der Waals surface area contributed by atoms with Crippen LogP contribution in [0.1, 0.15) is 33.3 Å². The molecule has 2 saturated heterocycles. The molecule has 0 aliphatic carbocycles. The zero-order valence-electron chi connectivity index (χ0n) is 18.0. The number of imide groups is 1. The van der Waals surface area contributed by atoms with Gasteiger partial charge in [-0.1, -0.05) is 36.4 Å². The van der Waals surface area contributed by atoms with Crippen molar-refractivity contribution in [2.75, 3.05) is 4.90 Å². The smallest absolute Gasteiger partial charge is 0.418 e. The number of ketones is 1. The van der Waals surface area contributed by atoms with Crippen molar-refractivity contribution in [2.24, 2.45) is 11.8 Å². The predicted octanol–water partition coefficient (Wildman–Crippen LogP) is 4.70. The summed E-state index contributed by atoms with van der Waals surface area (Å²) in [6.07, 6.45) is 0.0167. The van der Waals surface area contributed by atoms with Crippen LogP contribution in [0.25, 0.3) is 6.08 Å². The van der Waals surface area contributed by atoms with E-state index < -0.39 is 58.9 Å². The van der Waals surface area contributed by atoms with E-state index in [2.05, 4.69) is 0 Å². The quantitative estimate of drug-likeness (QED) is 0.403. The van der Waals surface area contributed by atoms with E-state index in [9.17, 15) is 27.6 Å². The van der Waals surface area contributed by atoms with Crippen molar-refractivity contribution in [3.63, 3.8) is 0 Å². The van der Waals surface area contributed by atoms with E-state index in [1.807, 2.05) is 12.1 Å². The van der Waals surface area contributed by atoms with Crippen LogP contribution in [0.4, 0.5) is 18.9 Å². The summed E-state index contributed by atoms with van der Waals surface area (Å²) in [7, 11) is 0. The number of fused-ring (bicyclic) bond motifs is 5. The Morgan fingerprint density at radius 1 is 0.886 bits per heavy atom. The lowest BCUT2D eigenvalue weighted by Crippen LogP contribution is -2.44. The van der Waals surface area contributed by atoms with Gasteiger partial charge in [-0.2, -0.15) is 13.2 Å². The molecule has 176 valence electrons. The highest BCUT2D eigenvalue weighted by Gasteiger charge is 2.65. The van der Waals surface area contributed by atoms with Crippen LogP contribution in [0.2, 0.25) is 0 Å². The minimum absolute atomic E-state index is 0.0102. The number of hydrogen-bond acceptors (Lipinski definition) is 5. The summed E-state index contributed by atoms with van der Waals surface area (Å²) in [4.78, 5) is 43.3. The Balaban J connectivity index is 1.52. The summed E-state index contributed by atoms with van der Waals surface area (Å²) < 4.78 is 46.6. The van der Waals surface area contributed by atoms with Gasteiger partial charge in [0.2, 0.25) is 17.6 Å². The molecule has 9 heteroatoms.